The van der Waals surface area contributed by atoms with Crippen LogP contribution >= 0.6 is 11.6 Å². The number of hydrogen-bond acceptors (Lipinski definition) is 7. The highest BCUT2D eigenvalue weighted by molar-refractivity contribution is 7.92. The zero-order valence-electron chi connectivity index (χ0n) is 18.4. The summed E-state index contributed by atoms with van der Waals surface area (Å²) in [6.45, 7) is 4.87. The number of para-hydroxylation sites is 1. The minimum atomic E-state index is -3.46. The van der Waals surface area contributed by atoms with Gasteiger partial charge in [0.1, 0.15) is 5.15 Å². The molecule has 2 aliphatic heterocycles. The Morgan fingerprint density at radius 1 is 1.16 bits per heavy atom. The molecule has 2 aromatic rings. The zero-order chi connectivity index (χ0) is 22.7. The second-order valence-electron chi connectivity index (χ2n) is 8.11. The van der Waals surface area contributed by atoms with Gasteiger partial charge >= 0.3 is 0 Å². The highest BCUT2D eigenvalue weighted by Gasteiger charge is 2.25. The number of nitrogens with zero attached hydrogens (tertiary/aromatic N) is 5. The summed E-state index contributed by atoms with van der Waals surface area (Å²) in [4.78, 5) is 6.56. The molecule has 0 spiro atoms. The summed E-state index contributed by atoms with van der Waals surface area (Å²) in [5.74, 6) is -0.0294. The van der Waals surface area contributed by atoms with Crippen LogP contribution in [0.1, 0.15) is 11.1 Å². The molecule has 32 heavy (non-hydrogen) atoms. The smallest absolute Gasteiger partial charge is 0.236 e. The third-order valence-corrected chi connectivity index (χ3v) is 7.88. The van der Waals surface area contributed by atoms with Gasteiger partial charge < -0.3 is 15.2 Å². The van der Waals surface area contributed by atoms with Crippen molar-refractivity contribution in [1.29, 1.82) is 0 Å². The van der Waals surface area contributed by atoms with E-state index in [9.17, 15) is 8.42 Å². The van der Waals surface area contributed by atoms with E-state index in [4.69, 9.17) is 11.6 Å². The van der Waals surface area contributed by atoms with Crippen molar-refractivity contribution in [2.75, 3.05) is 56.9 Å². The first-order valence-corrected chi connectivity index (χ1v) is 12.6. The molecule has 1 aromatic carbocycles. The fourth-order valence-electron chi connectivity index (χ4n) is 3.90. The number of anilines is 1. The highest BCUT2D eigenvalue weighted by Crippen LogP contribution is 2.28. The van der Waals surface area contributed by atoms with Gasteiger partial charge in [-0.05, 0) is 25.2 Å². The Balaban J connectivity index is 1.48. The van der Waals surface area contributed by atoms with E-state index < -0.39 is 10.0 Å². The molecule has 0 amide bonds. The van der Waals surface area contributed by atoms with Crippen LogP contribution in [0.25, 0.3) is 5.70 Å². The van der Waals surface area contributed by atoms with Gasteiger partial charge in [0.05, 0.1) is 23.7 Å². The van der Waals surface area contributed by atoms with Gasteiger partial charge in [-0.15, -0.1) is 0 Å². The minimum Gasteiger partial charge on any atom is -0.382 e. The fraction of sp³-hybridized carbons (Fsp3) is 0.409. The lowest BCUT2D eigenvalue weighted by atomic mass is 10.0. The largest absolute Gasteiger partial charge is 0.382 e. The predicted octanol–water partition coefficient (Wildman–Crippen LogP) is 2.07. The minimum absolute atomic E-state index is 0.0294. The van der Waals surface area contributed by atoms with Crippen LogP contribution in [0.4, 0.5) is 5.69 Å². The van der Waals surface area contributed by atoms with Crippen molar-refractivity contribution in [3.63, 3.8) is 0 Å². The summed E-state index contributed by atoms with van der Waals surface area (Å²) in [7, 11) is 0.249. The maximum Gasteiger partial charge on any atom is 0.236 e. The highest BCUT2D eigenvalue weighted by atomic mass is 35.5. The van der Waals surface area contributed by atoms with E-state index in [1.165, 1.54) is 4.31 Å². The molecule has 8 nitrogen and oxygen atoms in total. The molecule has 3 heterocycles. The van der Waals surface area contributed by atoms with Crippen molar-refractivity contribution < 1.29 is 8.42 Å². The fourth-order valence-corrected chi connectivity index (χ4v) is 5.13. The van der Waals surface area contributed by atoms with Gasteiger partial charge in [0.25, 0.3) is 0 Å². The van der Waals surface area contributed by atoms with Gasteiger partial charge in [-0.1, -0.05) is 29.8 Å². The van der Waals surface area contributed by atoms with Crippen LogP contribution in [0.3, 0.4) is 0 Å². The molecule has 0 saturated carbocycles. The molecule has 0 atom stereocenters. The Bertz CT molecular complexity index is 1070. The summed E-state index contributed by atoms with van der Waals surface area (Å²) >= 11 is 6.16. The summed E-state index contributed by atoms with van der Waals surface area (Å²) in [5, 5.41) is 8.26. The Morgan fingerprint density at radius 2 is 1.88 bits per heavy atom. The van der Waals surface area contributed by atoms with E-state index in [1.807, 2.05) is 24.3 Å². The van der Waals surface area contributed by atoms with Crippen molar-refractivity contribution in [2.24, 2.45) is 0 Å². The molecule has 1 saturated heterocycles. The summed E-state index contributed by atoms with van der Waals surface area (Å²) in [6.07, 6.45) is 3.85. The van der Waals surface area contributed by atoms with E-state index >= 15 is 0 Å². The van der Waals surface area contributed by atoms with Gasteiger partial charge in [0.2, 0.25) is 10.0 Å². The third-order valence-electron chi connectivity index (χ3n) is 5.91. The normalized spacial score (nSPS) is 17.6. The first-order valence-electron chi connectivity index (χ1n) is 10.7. The molecule has 0 aliphatic carbocycles. The lowest BCUT2D eigenvalue weighted by Gasteiger charge is -2.42. The SMILES string of the molecule is CN1CCN(N2C=C(NCCS(=O)(=O)N(C)c3ccccc3)c3cc(Cl)ncc3C2)CC1. The van der Waals surface area contributed by atoms with Gasteiger partial charge in [-0.2, -0.15) is 0 Å². The van der Waals surface area contributed by atoms with Crippen LogP contribution < -0.4 is 9.62 Å². The van der Waals surface area contributed by atoms with Crippen molar-refractivity contribution in [3.8, 4) is 0 Å². The number of nitrogens with one attached hydrogen (secondary N) is 1. The lowest BCUT2D eigenvalue weighted by molar-refractivity contribution is -0.0226. The van der Waals surface area contributed by atoms with E-state index in [-0.39, 0.29) is 12.3 Å². The Hall–Kier alpha value is -2.33. The topological polar surface area (TPSA) is 72.0 Å². The molecule has 0 bridgehead atoms. The number of aromatic nitrogens is 1. The number of pyridine rings is 1. The van der Waals surface area contributed by atoms with Crippen molar-refractivity contribution in [1.82, 2.24) is 25.2 Å². The van der Waals surface area contributed by atoms with Crippen LogP contribution in [-0.2, 0) is 16.6 Å². The second-order valence-corrected chi connectivity index (χ2v) is 10.6. The molecule has 10 heteroatoms. The number of hydrazine groups is 1. The van der Waals surface area contributed by atoms with Crippen molar-refractivity contribution in [2.45, 2.75) is 6.54 Å². The molecular weight excluding hydrogens is 448 g/mol. The number of piperazine rings is 1. The Morgan fingerprint density at radius 3 is 2.59 bits per heavy atom. The van der Waals surface area contributed by atoms with Crippen molar-refractivity contribution >= 4 is 33.0 Å². The van der Waals surface area contributed by atoms with Gasteiger partial charge in [0.15, 0.2) is 0 Å². The second kappa shape index (κ2) is 9.66. The van der Waals surface area contributed by atoms with Crippen LogP contribution in [0.5, 0.6) is 0 Å². The molecule has 1 fully saturated rings. The molecule has 2 aliphatic rings. The van der Waals surface area contributed by atoms with Crippen LogP contribution in [0.2, 0.25) is 5.15 Å². The molecule has 1 aromatic heterocycles. The Kier molecular flexibility index (Phi) is 6.90. The number of fused-ring (bicyclic) bond motifs is 1. The first-order chi connectivity index (χ1) is 15.3. The van der Waals surface area contributed by atoms with E-state index in [2.05, 4.69) is 38.5 Å². The van der Waals surface area contributed by atoms with E-state index in [1.54, 1.807) is 25.4 Å². The third kappa shape index (κ3) is 5.17. The first kappa shape index (κ1) is 22.8. The van der Waals surface area contributed by atoms with Gasteiger partial charge in [0, 0.05) is 63.3 Å². The summed E-state index contributed by atoms with van der Waals surface area (Å²) in [5.41, 5.74) is 3.52. The number of hydrogen-bond donors (Lipinski definition) is 1. The zero-order valence-corrected chi connectivity index (χ0v) is 20.0. The number of sulfonamides is 1. The maximum absolute atomic E-state index is 12.8. The average Bonchev–Trinajstić information content (AvgIpc) is 2.79. The summed E-state index contributed by atoms with van der Waals surface area (Å²) in [6, 6.07) is 10.9. The van der Waals surface area contributed by atoms with Gasteiger partial charge in [-0.25, -0.2) is 18.4 Å². The molecule has 4 rings (SSSR count). The Labute approximate surface area is 195 Å². The number of halogens is 1. The van der Waals surface area contributed by atoms with Crippen LogP contribution in [0.15, 0.2) is 48.8 Å². The monoisotopic (exact) mass is 476 g/mol. The number of rotatable bonds is 7. The molecular formula is C22H29ClN6O2S. The average molecular weight is 477 g/mol. The number of benzene rings is 1. The van der Waals surface area contributed by atoms with Crippen LogP contribution in [0, 0.1) is 0 Å². The van der Waals surface area contributed by atoms with Gasteiger partial charge in [-0.3, -0.25) is 4.31 Å². The van der Waals surface area contributed by atoms with Crippen molar-refractivity contribution in [3.05, 3.63) is 65.1 Å². The molecule has 0 radical (unpaired) electrons. The van der Waals surface area contributed by atoms with E-state index in [0.717, 1.165) is 43.0 Å². The molecule has 0 unspecified atom stereocenters. The summed E-state index contributed by atoms with van der Waals surface area (Å²) < 4.78 is 27.0. The number of likely N-dealkylation sites (N-methyl/N-ethyl adjacent to an activating group) is 1. The predicted molar refractivity (Wildman–Crippen MR) is 128 cm³/mol. The molecule has 1 N–H and O–H groups in total. The maximum atomic E-state index is 12.8. The van der Waals surface area contributed by atoms with E-state index in [0.29, 0.717) is 17.4 Å². The standard InChI is InChI=1S/C22H29ClN6O2S/c1-26-9-11-28(12-10-26)29-16-18-15-25-22(23)14-20(18)21(17-29)24-8-13-32(30,31)27(2)19-6-4-3-5-7-19/h3-7,14-15,17,24H,8-13,16H2,1-2H3. The molecule has 172 valence electrons. The van der Waals surface area contributed by atoms with Crippen LogP contribution in [-0.4, -0.2) is 80.9 Å². The quantitative estimate of drug-likeness (QED) is 0.613. The lowest BCUT2D eigenvalue weighted by Crippen LogP contribution is -2.51.